The minimum Gasteiger partial charge on any atom is -0.481 e. The monoisotopic (exact) mass is 622 g/mol. The van der Waals surface area contributed by atoms with Gasteiger partial charge in [0.05, 0.1) is 4.90 Å². The Morgan fingerprint density at radius 3 is 2.07 bits per heavy atom. The maximum atomic E-state index is 13.6. The molecule has 1 fully saturated rings. The molecule has 1 aliphatic rings. The van der Waals surface area contributed by atoms with Crippen molar-refractivity contribution >= 4 is 50.3 Å². The van der Waals surface area contributed by atoms with Crippen LogP contribution in [-0.4, -0.2) is 87.1 Å². The van der Waals surface area contributed by atoms with Crippen molar-refractivity contribution in [2.24, 2.45) is 22.4 Å². The molecule has 1 atom stereocenters. The van der Waals surface area contributed by atoms with Crippen LogP contribution in [0.3, 0.4) is 0 Å². The Balaban J connectivity index is 0.00000103. The van der Waals surface area contributed by atoms with Crippen molar-refractivity contribution in [1.29, 1.82) is 0 Å². The lowest BCUT2D eigenvalue weighted by Gasteiger charge is -2.34. The average molecular weight is 623 g/mol. The zero-order chi connectivity index (χ0) is 32.7. The van der Waals surface area contributed by atoms with Crippen LogP contribution in [0, 0.1) is 5.92 Å². The summed E-state index contributed by atoms with van der Waals surface area (Å²) >= 11 is 0. The zero-order valence-corrected chi connectivity index (χ0v) is 26.4. The first-order valence-corrected chi connectivity index (χ1v) is 15.5. The molecule has 0 spiro atoms. The molecular formula is C29H46N6O7S. The highest BCUT2D eigenvalue weighted by atomic mass is 32.2. The molecular weight excluding hydrogens is 576 g/mol. The standard InChI is InChI=1S/C25H38N6O3S.2C2H4O2/c1-4-18-13-16-31(17-14-18)24(32)21(10-7-15-28-25(26)27)29-35(33,34)23-12-6-8-19-20(23)9-5-11-22(19)30(2)3;2*1-2(3)4/h5-6,8-9,11-12,18,21,29H,4,7,10,13-17H2,1-3H3,(H4,26,27,28);2*1H3,(H,3,4)/t21-;;/m0../s1. The molecule has 1 heterocycles. The van der Waals surface area contributed by atoms with Gasteiger partial charge in [-0.2, -0.15) is 4.72 Å². The van der Waals surface area contributed by atoms with Gasteiger partial charge in [0.1, 0.15) is 6.04 Å². The Morgan fingerprint density at radius 1 is 1.02 bits per heavy atom. The number of carbonyl (C=O) groups is 3. The molecule has 240 valence electrons. The summed E-state index contributed by atoms with van der Waals surface area (Å²) in [6, 6.07) is 9.91. The third-order valence-corrected chi connectivity index (χ3v) is 8.20. The summed E-state index contributed by atoms with van der Waals surface area (Å²) < 4.78 is 29.9. The Bertz CT molecular complexity index is 1330. The number of piperidine rings is 1. The molecule has 7 N–H and O–H groups in total. The number of likely N-dealkylation sites (tertiary alicyclic amines) is 1. The van der Waals surface area contributed by atoms with E-state index < -0.39 is 28.0 Å². The molecule has 13 nitrogen and oxygen atoms in total. The highest BCUT2D eigenvalue weighted by Gasteiger charge is 2.31. The number of sulfonamides is 1. The number of amides is 1. The molecule has 0 unspecified atom stereocenters. The number of guanidine groups is 1. The van der Waals surface area contributed by atoms with Crippen LogP contribution >= 0.6 is 0 Å². The summed E-state index contributed by atoms with van der Waals surface area (Å²) in [5.74, 6) is -1.28. The van der Waals surface area contributed by atoms with Crippen LogP contribution in [0.15, 0.2) is 46.3 Å². The van der Waals surface area contributed by atoms with Gasteiger partial charge in [-0.05, 0) is 43.7 Å². The number of rotatable bonds is 10. The number of fused-ring (bicyclic) bond motifs is 1. The van der Waals surface area contributed by atoms with Gasteiger partial charge in [0.25, 0.3) is 11.9 Å². The van der Waals surface area contributed by atoms with Gasteiger partial charge in [0, 0.05) is 64.0 Å². The van der Waals surface area contributed by atoms with E-state index in [1.54, 1.807) is 23.1 Å². The second kappa shape index (κ2) is 17.9. The van der Waals surface area contributed by atoms with Gasteiger partial charge in [0.15, 0.2) is 5.96 Å². The first-order valence-electron chi connectivity index (χ1n) is 14.0. The number of hydrogen-bond donors (Lipinski definition) is 5. The number of aliphatic imine (C=N–C) groups is 1. The van der Waals surface area contributed by atoms with Crippen molar-refractivity contribution in [3.05, 3.63) is 36.4 Å². The number of carboxylic acid groups (broad SMARTS) is 2. The molecule has 0 bridgehead atoms. The van der Waals surface area contributed by atoms with Crippen LogP contribution < -0.4 is 21.1 Å². The number of hydrogen-bond acceptors (Lipinski definition) is 7. The zero-order valence-electron chi connectivity index (χ0n) is 25.6. The summed E-state index contributed by atoms with van der Waals surface area (Å²) in [7, 11) is -0.147. The molecule has 14 heteroatoms. The minimum atomic E-state index is -3.98. The van der Waals surface area contributed by atoms with Gasteiger partial charge >= 0.3 is 0 Å². The molecule has 43 heavy (non-hydrogen) atoms. The quantitative estimate of drug-likeness (QED) is 0.148. The van der Waals surface area contributed by atoms with E-state index in [2.05, 4.69) is 16.6 Å². The van der Waals surface area contributed by atoms with Crippen molar-refractivity contribution in [1.82, 2.24) is 9.62 Å². The Morgan fingerprint density at radius 2 is 1.56 bits per heavy atom. The van der Waals surface area contributed by atoms with Crippen LogP contribution in [0.2, 0.25) is 0 Å². The summed E-state index contributed by atoms with van der Waals surface area (Å²) in [6.07, 6.45) is 3.74. The number of nitrogens with zero attached hydrogens (tertiary/aromatic N) is 3. The fraction of sp³-hybridized carbons (Fsp3) is 0.517. The number of aliphatic carboxylic acids is 2. The third-order valence-electron chi connectivity index (χ3n) is 6.67. The van der Waals surface area contributed by atoms with E-state index in [1.165, 1.54) is 0 Å². The average Bonchev–Trinajstić information content (AvgIpc) is 2.92. The van der Waals surface area contributed by atoms with Gasteiger partial charge in [0.2, 0.25) is 15.9 Å². The number of carboxylic acids is 2. The Kier molecular flexibility index (Phi) is 15.5. The Labute approximate surface area is 254 Å². The van der Waals surface area contributed by atoms with E-state index in [-0.39, 0.29) is 16.8 Å². The van der Waals surface area contributed by atoms with E-state index in [9.17, 15) is 13.2 Å². The topological polar surface area (TPSA) is 209 Å². The van der Waals surface area contributed by atoms with E-state index in [4.69, 9.17) is 31.3 Å². The lowest BCUT2D eigenvalue weighted by molar-refractivity contribution is -0.135. The maximum Gasteiger partial charge on any atom is 0.300 e. The van der Waals surface area contributed by atoms with E-state index in [0.717, 1.165) is 44.2 Å². The fourth-order valence-corrected chi connectivity index (χ4v) is 6.10. The molecule has 0 radical (unpaired) electrons. The smallest absolute Gasteiger partial charge is 0.300 e. The second-order valence-corrected chi connectivity index (χ2v) is 12.0. The number of benzene rings is 2. The summed E-state index contributed by atoms with van der Waals surface area (Å²) in [6.45, 7) is 5.94. The van der Waals surface area contributed by atoms with E-state index in [1.807, 2.05) is 37.2 Å². The molecule has 1 aliphatic heterocycles. The molecule has 2 aromatic carbocycles. The van der Waals surface area contributed by atoms with E-state index in [0.29, 0.717) is 43.8 Å². The lowest BCUT2D eigenvalue weighted by Crippen LogP contribution is -2.50. The lowest BCUT2D eigenvalue weighted by atomic mass is 9.94. The van der Waals surface area contributed by atoms with Crippen molar-refractivity contribution in [2.75, 3.05) is 38.6 Å². The predicted octanol–water partition coefficient (Wildman–Crippen LogP) is 2.44. The first-order chi connectivity index (χ1) is 20.1. The van der Waals surface area contributed by atoms with Gasteiger partial charge in [-0.25, -0.2) is 8.42 Å². The summed E-state index contributed by atoms with van der Waals surface area (Å²) in [4.78, 5) is 39.3. The number of carbonyl (C=O) groups excluding carboxylic acids is 1. The van der Waals surface area contributed by atoms with Crippen molar-refractivity contribution in [2.45, 2.75) is 63.8 Å². The largest absolute Gasteiger partial charge is 0.481 e. The molecule has 0 saturated carbocycles. The van der Waals surface area contributed by atoms with Crippen molar-refractivity contribution in [3.63, 3.8) is 0 Å². The highest BCUT2D eigenvalue weighted by molar-refractivity contribution is 7.89. The molecule has 3 rings (SSSR count). The highest BCUT2D eigenvalue weighted by Crippen LogP contribution is 2.30. The Hall–Kier alpha value is -3.91. The minimum absolute atomic E-state index is 0.0254. The van der Waals surface area contributed by atoms with Crippen LogP contribution in [0.4, 0.5) is 5.69 Å². The second-order valence-electron chi connectivity index (χ2n) is 10.4. The van der Waals surface area contributed by atoms with Crippen LogP contribution in [-0.2, 0) is 24.4 Å². The maximum absolute atomic E-state index is 13.6. The molecule has 2 aromatic rings. The van der Waals surface area contributed by atoms with Gasteiger partial charge in [-0.1, -0.05) is 37.6 Å². The number of nitrogens with two attached hydrogens (primary N) is 2. The summed E-state index contributed by atoms with van der Waals surface area (Å²) in [5, 5.41) is 16.3. The van der Waals surface area contributed by atoms with E-state index >= 15 is 0 Å². The van der Waals surface area contributed by atoms with Crippen LogP contribution in [0.25, 0.3) is 10.8 Å². The van der Waals surface area contributed by atoms with Gasteiger partial charge in [-0.15, -0.1) is 0 Å². The normalized spacial score (nSPS) is 13.9. The molecule has 1 amide bonds. The fourth-order valence-electron chi connectivity index (χ4n) is 4.66. The van der Waals surface area contributed by atoms with Crippen LogP contribution in [0.1, 0.15) is 52.9 Å². The summed E-state index contributed by atoms with van der Waals surface area (Å²) in [5.41, 5.74) is 11.7. The molecule has 0 aliphatic carbocycles. The first kappa shape index (κ1) is 37.1. The molecule has 1 saturated heterocycles. The number of nitrogens with one attached hydrogen (secondary N) is 1. The van der Waals surface area contributed by atoms with Crippen LogP contribution in [0.5, 0.6) is 0 Å². The molecule has 0 aromatic heterocycles. The third kappa shape index (κ3) is 12.9. The van der Waals surface area contributed by atoms with Gasteiger partial charge in [-0.3, -0.25) is 19.4 Å². The SMILES string of the molecule is CC(=O)O.CC(=O)O.CCC1CCN(C(=O)[C@H](CCCN=C(N)N)NS(=O)(=O)c2cccc3c(N(C)C)cccc23)CC1. The van der Waals surface area contributed by atoms with Gasteiger partial charge < -0.3 is 31.5 Å². The number of anilines is 1. The predicted molar refractivity (Wildman–Crippen MR) is 169 cm³/mol. The van der Waals surface area contributed by atoms with Crippen molar-refractivity contribution in [3.8, 4) is 0 Å². The van der Waals surface area contributed by atoms with Crippen molar-refractivity contribution < 1.29 is 33.0 Å².